The Kier molecular flexibility index (Phi) is 5.26. The maximum Gasteiger partial charge on any atom is 0.410 e. The van der Waals surface area contributed by atoms with E-state index in [9.17, 15) is 14.7 Å². The van der Waals surface area contributed by atoms with Crippen molar-refractivity contribution in [2.75, 3.05) is 13.1 Å². The first-order chi connectivity index (χ1) is 12.5. The van der Waals surface area contributed by atoms with Crippen LogP contribution in [0, 0.1) is 19.8 Å². The van der Waals surface area contributed by atoms with Crippen molar-refractivity contribution >= 4 is 12.1 Å². The van der Waals surface area contributed by atoms with Gasteiger partial charge in [0.2, 0.25) is 0 Å². The second kappa shape index (κ2) is 7.60. The molecule has 0 bridgehead atoms. The molecule has 0 radical (unpaired) electrons. The van der Waals surface area contributed by atoms with E-state index in [0.29, 0.717) is 6.54 Å². The van der Waals surface area contributed by atoms with Crippen LogP contribution in [0.2, 0.25) is 0 Å². The smallest absolute Gasteiger partial charge is 0.410 e. The summed E-state index contributed by atoms with van der Waals surface area (Å²) >= 11 is 0. The molecule has 0 unspecified atom stereocenters. The first-order valence-corrected chi connectivity index (χ1v) is 8.72. The topological polar surface area (TPSA) is 66.8 Å². The van der Waals surface area contributed by atoms with E-state index in [1.807, 2.05) is 62.4 Å². The van der Waals surface area contributed by atoms with Crippen LogP contribution in [0.1, 0.15) is 28.2 Å². The van der Waals surface area contributed by atoms with Gasteiger partial charge in [-0.15, -0.1) is 0 Å². The summed E-state index contributed by atoms with van der Waals surface area (Å²) in [6, 6.07) is 15.4. The van der Waals surface area contributed by atoms with Crippen molar-refractivity contribution in [2.24, 2.45) is 5.92 Å². The predicted octanol–water partition coefficient (Wildman–Crippen LogP) is 3.74. The van der Waals surface area contributed by atoms with Gasteiger partial charge in [0.05, 0.1) is 5.92 Å². The molecule has 0 saturated carbocycles. The van der Waals surface area contributed by atoms with Crippen LogP contribution < -0.4 is 0 Å². The van der Waals surface area contributed by atoms with Gasteiger partial charge >= 0.3 is 12.1 Å². The van der Waals surface area contributed by atoms with E-state index in [4.69, 9.17) is 4.74 Å². The molecule has 1 aliphatic rings. The molecule has 2 aromatic rings. The molecule has 5 nitrogen and oxygen atoms in total. The van der Waals surface area contributed by atoms with Crippen LogP contribution in [0.15, 0.2) is 48.5 Å². The molecule has 1 saturated heterocycles. The highest BCUT2D eigenvalue weighted by molar-refractivity contribution is 5.76. The lowest BCUT2D eigenvalue weighted by Gasteiger charge is -2.20. The third-order valence-corrected chi connectivity index (χ3v) is 5.01. The van der Waals surface area contributed by atoms with Crippen LogP contribution in [0.5, 0.6) is 0 Å². The van der Waals surface area contributed by atoms with Gasteiger partial charge in [-0.1, -0.05) is 48.5 Å². The van der Waals surface area contributed by atoms with Gasteiger partial charge in [-0.3, -0.25) is 4.79 Å². The van der Waals surface area contributed by atoms with Gasteiger partial charge in [-0.05, 0) is 36.1 Å². The molecule has 5 heteroatoms. The van der Waals surface area contributed by atoms with Gasteiger partial charge in [0.1, 0.15) is 6.61 Å². The second-order valence-electron chi connectivity index (χ2n) is 6.80. The monoisotopic (exact) mass is 353 g/mol. The SMILES string of the molecule is Cc1cccc(C)c1[C@@H]1CN(C(=O)OCc2ccccc2)C[C@H]1C(=O)O. The number of aliphatic carboxylic acids is 1. The van der Waals surface area contributed by atoms with Crippen LogP contribution in [-0.4, -0.2) is 35.2 Å². The number of nitrogens with zero attached hydrogens (tertiary/aromatic N) is 1. The number of likely N-dealkylation sites (tertiary alicyclic amines) is 1. The highest BCUT2D eigenvalue weighted by Gasteiger charge is 2.42. The summed E-state index contributed by atoms with van der Waals surface area (Å²) in [5.41, 5.74) is 4.04. The van der Waals surface area contributed by atoms with Gasteiger partial charge in [0.25, 0.3) is 0 Å². The molecule has 136 valence electrons. The van der Waals surface area contributed by atoms with E-state index >= 15 is 0 Å². The molecular weight excluding hydrogens is 330 g/mol. The summed E-state index contributed by atoms with van der Waals surface area (Å²) in [6.45, 7) is 4.68. The molecule has 1 aliphatic heterocycles. The van der Waals surface area contributed by atoms with E-state index in [1.54, 1.807) is 0 Å². The number of hydrogen-bond acceptors (Lipinski definition) is 3. The zero-order chi connectivity index (χ0) is 18.7. The van der Waals surface area contributed by atoms with Crippen molar-refractivity contribution in [3.8, 4) is 0 Å². The van der Waals surface area contributed by atoms with Crippen molar-refractivity contribution in [2.45, 2.75) is 26.4 Å². The zero-order valence-electron chi connectivity index (χ0n) is 15.0. The summed E-state index contributed by atoms with van der Waals surface area (Å²) in [7, 11) is 0. The number of carboxylic acid groups (broad SMARTS) is 1. The average Bonchev–Trinajstić information content (AvgIpc) is 3.06. The highest BCUT2D eigenvalue weighted by atomic mass is 16.6. The standard InChI is InChI=1S/C21H23NO4/c1-14-7-6-8-15(2)19(14)17-11-22(12-18(17)20(23)24)21(25)26-13-16-9-4-3-5-10-16/h3-10,17-18H,11-13H2,1-2H3,(H,23,24)/t17-,18-/m1/s1. The van der Waals surface area contributed by atoms with Crippen molar-refractivity contribution < 1.29 is 19.4 Å². The minimum atomic E-state index is -0.879. The van der Waals surface area contributed by atoms with E-state index in [1.165, 1.54) is 4.90 Å². The van der Waals surface area contributed by atoms with Gasteiger partial charge in [-0.2, -0.15) is 0 Å². The highest BCUT2D eigenvalue weighted by Crippen LogP contribution is 2.36. The number of aryl methyl sites for hydroxylation is 2. The Morgan fingerprint density at radius 1 is 1.04 bits per heavy atom. The molecule has 26 heavy (non-hydrogen) atoms. The number of carbonyl (C=O) groups is 2. The molecule has 1 fully saturated rings. The molecule has 0 aliphatic carbocycles. The summed E-state index contributed by atoms with van der Waals surface area (Å²) in [5, 5.41) is 9.66. The normalized spacial score (nSPS) is 19.4. The number of ether oxygens (including phenoxy) is 1. The Morgan fingerprint density at radius 2 is 1.69 bits per heavy atom. The first-order valence-electron chi connectivity index (χ1n) is 8.72. The van der Waals surface area contributed by atoms with Crippen LogP contribution >= 0.6 is 0 Å². The van der Waals surface area contributed by atoms with Crippen LogP contribution in [0.3, 0.4) is 0 Å². The van der Waals surface area contributed by atoms with Crippen molar-refractivity contribution in [3.05, 3.63) is 70.8 Å². The van der Waals surface area contributed by atoms with Crippen LogP contribution in [0.25, 0.3) is 0 Å². The van der Waals surface area contributed by atoms with Gasteiger partial charge < -0.3 is 14.7 Å². The number of hydrogen-bond donors (Lipinski definition) is 1. The first kappa shape index (κ1) is 18.0. The Hall–Kier alpha value is -2.82. The number of amides is 1. The summed E-state index contributed by atoms with van der Waals surface area (Å²) < 4.78 is 5.38. The Bertz CT molecular complexity index is 783. The Morgan fingerprint density at radius 3 is 2.31 bits per heavy atom. The molecular formula is C21H23NO4. The number of benzene rings is 2. The van der Waals surface area contributed by atoms with Gasteiger partial charge in [0, 0.05) is 19.0 Å². The van der Waals surface area contributed by atoms with Gasteiger partial charge in [0.15, 0.2) is 0 Å². The molecule has 0 aromatic heterocycles. The average molecular weight is 353 g/mol. The third-order valence-electron chi connectivity index (χ3n) is 5.01. The third kappa shape index (κ3) is 3.72. The lowest BCUT2D eigenvalue weighted by atomic mass is 9.84. The maximum absolute atomic E-state index is 12.4. The zero-order valence-corrected chi connectivity index (χ0v) is 15.0. The largest absolute Gasteiger partial charge is 0.481 e. The predicted molar refractivity (Wildman–Crippen MR) is 98.0 cm³/mol. The van der Waals surface area contributed by atoms with E-state index in [0.717, 1.165) is 22.3 Å². The maximum atomic E-state index is 12.4. The fraction of sp³-hybridized carbons (Fsp3) is 0.333. The van der Waals surface area contributed by atoms with Crippen molar-refractivity contribution in [1.29, 1.82) is 0 Å². The van der Waals surface area contributed by atoms with Crippen LogP contribution in [0.4, 0.5) is 4.79 Å². The van der Waals surface area contributed by atoms with Crippen molar-refractivity contribution in [1.82, 2.24) is 4.90 Å². The quantitative estimate of drug-likeness (QED) is 0.909. The molecule has 1 amide bonds. The number of carboxylic acids is 1. The Balaban J connectivity index is 1.75. The number of rotatable bonds is 4. The molecule has 1 heterocycles. The fourth-order valence-electron chi connectivity index (χ4n) is 3.72. The second-order valence-corrected chi connectivity index (χ2v) is 6.80. The molecule has 0 spiro atoms. The molecule has 2 atom stereocenters. The molecule has 2 aromatic carbocycles. The van der Waals surface area contributed by atoms with E-state index in [-0.39, 0.29) is 19.1 Å². The molecule has 1 N–H and O–H groups in total. The summed E-state index contributed by atoms with van der Waals surface area (Å²) in [6.07, 6.45) is -0.464. The lowest BCUT2D eigenvalue weighted by molar-refractivity contribution is -0.141. The minimum absolute atomic E-state index is 0.168. The van der Waals surface area contributed by atoms with E-state index in [2.05, 4.69) is 0 Å². The number of carbonyl (C=O) groups excluding carboxylic acids is 1. The Labute approximate surface area is 153 Å². The lowest BCUT2D eigenvalue weighted by Crippen LogP contribution is -2.30. The van der Waals surface area contributed by atoms with Gasteiger partial charge in [-0.25, -0.2) is 4.79 Å². The van der Waals surface area contributed by atoms with Crippen molar-refractivity contribution in [3.63, 3.8) is 0 Å². The van der Waals surface area contributed by atoms with E-state index < -0.39 is 18.0 Å². The summed E-state index contributed by atoms with van der Waals surface area (Å²) in [4.78, 5) is 25.7. The minimum Gasteiger partial charge on any atom is -0.481 e. The molecule has 3 rings (SSSR count). The summed E-state index contributed by atoms with van der Waals surface area (Å²) in [5.74, 6) is -1.73. The van der Waals surface area contributed by atoms with Crippen LogP contribution in [-0.2, 0) is 16.1 Å². The fourth-order valence-corrected chi connectivity index (χ4v) is 3.72.